The second kappa shape index (κ2) is 8.31. The van der Waals surface area contributed by atoms with Crippen molar-refractivity contribution < 1.29 is 14.3 Å². The second-order valence-corrected chi connectivity index (χ2v) is 7.78. The highest BCUT2D eigenvalue weighted by molar-refractivity contribution is 7.19. The number of nitrogens with one attached hydrogen (secondary N) is 2. The van der Waals surface area contributed by atoms with Crippen molar-refractivity contribution in [2.75, 3.05) is 13.1 Å². The highest BCUT2D eigenvalue weighted by Gasteiger charge is 2.19. The molecule has 0 saturated carbocycles. The SMILES string of the molecule is CC(C)(C)OC(=O)NCCNC(=O)c1nc(Cl)sc1-c1ccccc1. The molecule has 0 aliphatic rings. The van der Waals surface area contributed by atoms with Crippen molar-refractivity contribution in [1.29, 1.82) is 0 Å². The molecule has 1 heterocycles. The van der Waals surface area contributed by atoms with E-state index in [9.17, 15) is 9.59 Å². The molecule has 0 spiro atoms. The van der Waals surface area contributed by atoms with Crippen molar-refractivity contribution in [3.63, 3.8) is 0 Å². The Balaban J connectivity index is 1.91. The average Bonchev–Trinajstić information content (AvgIpc) is 2.92. The Labute approximate surface area is 155 Å². The number of carbonyl (C=O) groups excluding carboxylic acids is 2. The van der Waals surface area contributed by atoms with Gasteiger partial charge in [-0.05, 0) is 26.3 Å². The minimum atomic E-state index is -0.560. The van der Waals surface area contributed by atoms with Gasteiger partial charge in [-0.25, -0.2) is 9.78 Å². The summed E-state index contributed by atoms with van der Waals surface area (Å²) in [6.07, 6.45) is -0.525. The van der Waals surface area contributed by atoms with Gasteiger partial charge in [0.15, 0.2) is 4.47 Å². The fraction of sp³-hybridized carbons (Fsp3) is 0.353. The number of aromatic nitrogens is 1. The van der Waals surface area contributed by atoms with Crippen molar-refractivity contribution in [3.05, 3.63) is 40.5 Å². The summed E-state index contributed by atoms with van der Waals surface area (Å²) >= 11 is 7.23. The zero-order chi connectivity index (χ0) is 18.4. The highest BCUT2D eigenvalue weighted by Crippen LogP contribution is 2.32. The second-order valence-electron chi connectivity index (χ2n) is 6.20. The summed E-state index contributed by atoms with van der Waals surface area (Å²) in [5.74, 6) is -0.340. The van der Waals surface area contributed by atoms with E-state index in [1.807, 2.05) is 30.3 Å². The fourth-order valence-corrected chi connectivity index (χ4v) is 3.08. The molecule has 2 rings (SSSR count). The van der Waals surface area contributed by atoms with Gasteiger partial charge in [0, 0.05) is 13.1 Å². The number of carbonyl (C=O) groups is 2. The number of amides is 2. The Bertz CT molecular complexity index is 741. The Kier molecular flexibility index (Phi) is 6.39. The molecule has 0 aliphatic carbocycles. The smallest absolute Gasteiger partial charge is 0.407 e. The normalized spacial score (nSPS) is 11.0. The topological polar surface area (TPSA) is 80.3 Å². The van der Waals surface area contributed by atoms with Gasteiger partial charge in [-0.15, -0.1) is 11.3 Å². The van der Waals surface area contributed by atoms with Crippen molar-refractivity contribution in [1.82, 2.24) is 15.6 Å². The van der Waals surface area contributed by atoms with Gasteiger partial charge in [0.05, 0.1) is 4.88 Å². The largest absolute Gasteiger partial charge is 0.444 e. The van der Waals surface area contributed by atoms with Crippen molar-refractivity contribution in [2.24, 2.45) is 0 Å². The molecule has 6 nitrogen and oxygen atoms in total. The Morgan fingerprint density at radius 2 is 1.80 bits per heavy atom. The quantitative estimate of drug-likeness (QED) is 0.773. The van der Waals surface area contributed by atoms with E-state index in [1.54, 1.807) is 20.8 Å². The predicted octanol–water partition coefficient (Wildman–Crippen LogP) is 3.72. The molecule has 1 aromatic heterocycles. The summed E-state index contributed by atoms with van der Waals surface area (Å²) in [7, 11) is 0. The van der Waals surface area contributed by atoms with E-state index in [0.717, 1.165) is 5.56 Å². The molecule has 0 radical (unpaired) electrons. The van der Waals surface area contributed by atoms with Crippen LogP contribution in [0.4, 0.5) is 4.79 Å². The molecule has 2 amide bonds. The third kappa shape index (κ3) is 6.03. The van der Waals surface area contributed by atoms with Crippen LogP contribution in [0.3, 0.4) is 0 Å². The molecule has 0 aliphatic heterocycles. The van der Waals surface area contributed by atoms with Gasteiger partial charge in [0.1, 0.15) is 11.3 Å². The first kappa shape index (κ1) is 19.2. The molecule has 0 unspecified atom stereocenters. The molecule has 2 aromatic rings. The van der Waals surface area contributed by atoms with Crippen LogP contribution in [0, 0.1) is 0 Å². The first-order valence-corrected chi connectivity index (χ1v) is 8.92. The molecule has 25 heavy (non-hydrogen) atoms. The van der Waals surface area contributed by atoms with Crippen LogP contribution in [0.5, 0.6) is 0 Å². The number of rotatable bonds is 5. The first-order chi connectivity index (χ1) is 11.8. The minimum Gasteiger partial charge on any atom is -0.444 e. The number of benzene rings is 1. The molecular weight excluding hydrogens is 362 g/mol. The lowest BCUT2D eigenvalue weighted by atomic mass is 10.1. The molecule has 0 saturated heterocycles. The third-order valence-corrected chi connectivity index (χ3v) is 4.14. The van der Waals surface area contributed by atoms with Gasteiger partial charge in [-0.1, -0.05) is 41.9 Å². The van der Waals surface area contributed by atoms with Gasteiger partial charge in [-0.3, -0.25) is 4.79 Å². The van der Waals surface area contributed by atoms with E-state index in [0.29, 0.717) is 9.34 Å². The van der Waals surface area contributed by atoms with Crippen LogP contribution in [0.2, 0.25) is 4.47 Å². The van der Waals surface area contributed by atoms with E-state index in [-0.39, 0.29) is 24.7 Å². The van der Waals surface area contributed by atoms with Crippen molar-refractivity contribution >= 4 is 34.9 Å². The van der Waals surface area contributed by atoms with Gasteiger partial charge >= 0.3 is 6.09 Å². The average molecular weight is 382 g/mol. The van der Waals surface area contributed by atoms with Crippen LogP contribution in [-0.2, 0) is 4.74 Å². The Hall–Kier alpha value is -2.12. The van der Waals surface area contributed by atoms with Gasteiger partial charge in [0.25, 0.3) is 5.91 Å². The van der Waals surface area contributed by atoms with E-state index in [2.05, 4.69) is 15.6 Å². The van der Waals surface area contributed by atoms with Crippen LogP contribution in [0.15, 0.2) is 30.3 Å². The summed E-state index contributed by atoms with van der Waals surface area (Å²) in [6, 6.07) is 9.45. The van der Waals surface area contributed by atoms with Crippen molar-refractivity contribution in [3.8, 4) is 10.4 Å². The maximum atomic E-state index is 12.4. The molecule has 0 bridgehead atoms. The van der Waals surface area contributed by atoms with Crippen LogP contribution < -0.4 is 10.6 Å². The highest BCUT2D eigenvalue weighted by atomic mass is 35.5. The first-order valence-electron chi connectivity index (χ1n) is 7.73. The third-order valence-electron chi connectivity index (χ3n) is 2.93. The number of alkyl carbamates (subject to hydrolysis) is 1. The van der Waals surface area contributed by atoms with Gasteiger partial charge in [-0.2, -0.15) is 0 Å². The molecular formula is C17H20ClN3O3S. The van der Waals surface area contributed by atoms with E-state index < -0.39 is 11.7 Å². The number of hydrogen-bond donors (Lipinski definition) is 2. The number of hydrogen-bond acceptors (Lipinski definition) is 5. The maximum Gasteiger partial charge on any atom is 0.407 e. The predicted molar refractivity (Wildman–Crippen MR) is 99.1 cm³/mol. The summed E-state index contributed by atoms with van der Waals surface area (Å²) in [6.45, 7) is 5.85. The Morgan fingerprint density at radius 1 is 1.16 bits per heavy atom. The standard InChI is InChI=1S/C17H20ClN3O3S/c1-17(2,3)24-16(23)20-10-9-19-14(22)12-13(25-15(18)21-12)11-7-5-4-6-8-11/h4-8H,9-10H2,1-3H3,(H,19,22)(H,20,23). The number of nitrogens with zero attached hydrogens (tertiary/aromatic N) is 1. The molecule has 8 heteroatoms. The summed E-state index contributed by atoms with van der Waals surface area (Å²) < 4.78 is 5.42. The van der Waals surface area contributed by atoms with Crippen molar-refractivity contribution in [2.45, 2.75) is 26.4 Å². The van der Waals surface area contributed by atoms with E-state index >= 15 is 0 Å². The number of ether oxygens (including phenoxy) is 1. The lowest BCUT2D eigenvalue weighted by Gasteiger charge is -2.19. The van der Waals surface area contributed by atoms with Gasteiger partial charge in [0.2, 0.25) is 0 Å². The lowest BCUT2D eigenvalue weighted by Crippen LogP contribution is -2.38. The van der Waals surface area contributed by atoms with Crippen LogP contribution >= 0.6 is 22.9 Å². The van der Waals surface area contributed by atoms with E-state index in [4.69, 9.17) is 16.3 Å². The van der Waals surface area contributed by atoms with Crippen LogP contribution in [0.25, 0.3) is 10.4 Å². The van der Waals surface area contributed by atoms with Crippen LogP contribution in [-0.4, -0.2) is 35.7 Å². The molecule has 0 fully saturated rings. The lowest BCUT2D eigenvalue weighted by molar-refractivity contribution is 0.0526. The molecule has 1 aromatic carbocycles. The minimum absolute atomic E-state index is 0.249. The zero-order valence-electron chi connectivity index (χ0n) is 14.3. The molecule has 0 atom stereocenters. The monoisotopic (exact) mass is 381 g/mol. The fourth-order valence-electron chi connectivity index (χ4n) is 1.97. The Morgan fingerprint density at radius 3 is 2.44 bits per heavy atom. The van der Waals surface area contributed by atoms with E-state index in [1.165, 1.54) is 11.3 Å². The van der Waals surface area contributed by atoms with Gasteiger partial charge < -0.3 is 15.4 Å². The summed E-state index contributed by atoms with van der Waals surface area (Å²) in [5.41, 5.74) is 0.595. The maximum absolute atomic E-state index is 12.4. The zero-order valence-corrected chi connectivity index (χ0v) is 15.8. The number of thiazole rings is 1. The number of halogens is 1. The summed E-state index contributed by atoms with van der Waals surface area (Å²) in [4.78, 5) is 28.7. The molecule has 134 valence electrons. The van der Waals surface area contributed by atoms with Crippen LogP contribution in [0.1, 0.15) is 31.3 Å². The molecule has 2 N–H and O–H groups in total. The summed E-state index contributed by atoms with van der Waals surface area (Å²) in [5, 5.41) is 5.29.